The van der Waals surface area contributed by atoms with E-state index in [4.69, 9.17) is 0 Å². The predicted octanol–water partition coefficient (Wildman–Crippen LogP) is 1.22. The van der Waals surface area contributed by atoms with Gasteiger partial charge in [-0.25, -0.2) is 4.98 Å². The Hall–Kier alpha value is -1.65. The molecule has 0 aliphatic heterocycles. The van der Waals surface area contributed by atoms with Gasteiger partial charge in [-0.05, 0) is 6.42 Å². The molecule has 1 atom stereocenters. The summed E-state index contributed by atoms with van der Waals surface area (Å²) in [5, 5.41) is 2.71. The quantitative estimate of drug-likeness (QED) is 0.527. The van der Waals surface area contributed by atoms with E-state index in [1.165, 1.54) is 0 Å². The summed E-state index contributed by atoms with van der Waals surface area (Å²) >= 11 is 0. The van der Waals surface area contributed by atoms with E-state index >= 15 is 0 Å². The summed E-state index contributed by atoms with van der Waals surface area (Å²) < 4.78 is 0. The number of aromatic amines is 1. The summed E-state index contributed by atoms with van der Waals surface area (Å²) in [4.78, 5) is 29.1. The number of aldehydes is 1. The first-order chi connectivity index (χ1) is 8.26. The number of amides is 1. The molecule has 0 aromatic carbocycles. The standard InChI is InChI=1S/C12H19N3O2/c1-2-3-4-5-12(17)15-11(8-16)6-10-7-13-9-14-10/h7-9,11H,2-6H2,1H3,(H,13,14)(H,15,17)/t11-/m1/s1. The van der Waals surface area contributed by atoms with Crippen LogP contribution in [0.5, 0.6) is 0 Å². The highest BCUT2D eigenvalue weighted by Gasteiger charge is 2.12. The van der Waals surface area contributed by atoms with E-state index in [1.807, 2.05) is 0 Å². The van der Waals surface area contributed by atoms with Gasteiger partial charge in [0.1, 0.15) is 6.29 Å². The van der Waals surface area contributed by atoms with Crippen LogP contribution < -0.4 is 5.32 Å². The minimum Gasteiger partial charge on any atom is -0.348 e. The van der Waals surface area contributed by atoms with Crippen molar-refractivity contribution in [1.82, 2.24) is 15.3 Å². The zero-order valence-electron chi connectivity index (χ0n) is 10.1. The first-order valence-electron chi connectivity index (χ1n) is 5.98. The Balaban J connectivity index is 2.31. The van der Waals surface area contributed by atoms with Crippen LogP contribution in [0.2, 0.25) is 0 Å². The van der Waals surface area contributed by atoms with Gasteiger partial charge in [0.2, 0.25) is 5.91 Å². The molecule has 0 aliphatic rings. The molecule has 5 heteroatoms. The number of aromatic nitrogens is 2. The predicted molar refractivity (Wildman–Crippen MR) is 64.4 cm³/mol. The second-order valence-electron chi connectivity index (χ2n) is 4.05. The Morgan fingerprint density at radius 1 is 1.59 bits per heavy atom. The molecule has 0 aliphatic carbocycles. The van der Waals surface area contributed by atoms with E-state index in [2.05, 4.69) is 22.2 Å². The van der Waals surface area contributed by atoms with Gasteiger partial charge in [-0.3, -0.25) is 4.79 Å². The van der Waals surface area contributed by atoms with Crippen LogP contribution >= 0.6 is 0 Å². The molecule has 0 spiro atoms. The number of hydrogen-bond acceptors (Lipinski definition) is 3. The average molecular weight is 237 g/mol. The second-order valence-corrected chi connectivity index (χ2v) is 4.05. The molecular weight excluding hydrogens is 218 g/mol. The number of rotatable bonds is 8. The second kappa shape index (κ2) is 7.60. The third-order valence-electron chi connectivity index (χ3n) is 2.51. The molecule has 1 amide bonds. The molecule has 0 radical (unpaired) electrons. The molecule has 0 fully saturated rings. The van der Waals surface area contributed by atoms with Gasteiger partial charge in [0.15, 0.2) is 0 Å². The zero-order chi connectivity index (χ0) is 12.5. The third-order valence-corrected chi connectivity index (χ3v) is 2.51. The van der Waals surface area contributed by atoms with Crippen molar-refractivity contribution < 1.29 is 9.59 Å². The lowest BCUT2D eigenvalue weighted by molar-refractivity contribution is -0.124. The number of carbonyl (C=O) groups is 2. The molecule has 0 unspecified atom stereocenters. The molecule has 0 bridgehead atoms. The molecule has 5 nitrogen and oxygen atoms in total. The lowest BCUT2D eigenvalue weighted by atomic mass is 10.1. The van der Waals surface area contributed by atoms with Gasteiger partial charge < -0.3 is 15.1 Å². The maximum atomic E-state index is 11.5. The summed E-state index contributed by atoms with van der Waals surface area (Å²) in [6.07, 6.45) is 7.92. The van der Waals surface area contributed by atoms with Crippen molar-refractivity contribution in [2.24, 2.45) is 0 Å². The van der Waals surface area contributed by atoms with Gasteiger partial charge in [-0.15, -0.1) is 0 Å². The fourth-order valence-electron chi connectivity index (χ4n) is 1.58. The van der Waals surface area contributed by atoms with Crippen LogP contribution in [0.1, 0.15) is 38.3 Å². The molecule has 0 saturated heterocycles. The number of nitrogens with zero attached hydrogens (tertiary/aromatic N) is 1. The van der Waals surface area contributed by atoms with Gasteiger partial charge in [0, 0.05) is 24.7 Å². The Morgan fingerprint density at radius 3 is 3.00 bits per heavy atom. The topological polar surface area (TPSA) is 74.8 Å². The van der Waals surface area contributed by atoms with Crippen LogP contribution in [0.4, 0.5) is 0 Å². The Bertz CT molecular complexity index is 336. The van der Waals surface area contributed by atoms with Crippen molar-refractivity contribution in [3.8, 4) is 0 Å². The Kier molecular flexibility index (Phi) is 5.99. The van der Waals surface area contributed by atoms with Crippen molar-refractivity contribution in [3.63, 3.8) is 0 Å². The largest absolute Gasteiger partial charge is 0.348 e. The summed E-state index contributed by atoms with van der Waals surface area (Å²) in [5.74, 6) is -0.0601. The van der Waals surface area contributed by atoms with Crippen molar-refractivity contribution in [3.05, 3.63) is 18.2 Å². The highest BCUT2D eigenvalue weighted by Crippen LogP contribution is 2.00. The molecule has 94 valence electrons. The molecular formula is C12H19N3O2. The number of unbranched alkanes of at least 4 members (excludes halogenated alkanes) is 2. The van der Waals surface area contributed by atoms with Crippen molar-refractivity contribution >= 4 is 12.2 Å². The average Bonchev–Trinajstić information content (AvgIpc) is 2.81. The van der Waals surface area contributed by atoms with Crippen molar-refractivity contribution in [2.45, 2.75) is 45.1 Å². The highest BCUT2D eigenvalue weighted by atomic mass is 16.2. The summed E-state index contributed by atoms with van der Waals surface area (Å²) in [6.45, 7) is 2.09. The van der Waals surface area contributed by atoms with Gasteiger partial charge in [0.05, 0.1) is 12.4 Å². The molecule has 2 N–H and O–H groups in total. The van der Waals surface area contributed by atoms with Gasteiger partial charge in [-0.1, -0.05) is 19.8 Å². The first-order valence-corrected chi connectivity index (χ1v) is 5.98. The summed E-state index contributed by atoms with van der Waals surface area (Å²) in [7, 11) is 0. The monoisotopic (exact) mass is 237 g/mol. The van der Waals surface area contributed by atoms with Crippen LogP contribution in [0.25, 0.3) is 0 Å². The van der Waals surface area contributed by atoms with Crippen LogP contribution in [0.15, 0.2) is 12.5 Å². The summed E-state index contributed by atoms with van der Waals surface area (Å²) in [5.41, 5.74) is 0.843. The first kappa shape index (κ1) is 13.4. The maximum Gasteiger partial charge on any atom is 0.220 e. The maximum absolute atomic E-state index is 11.5. The van der Waals surface area contributed by atoms with E-state index in [9.17, 15) is 9.59 Å². The van der Waals surface area contributed by atoms with Crippen LogP contribution in [0.3, 0.4) is 0 Å². The fraction of sp³-hybridized carbons (Fsp3) is 0.583. The summed E-state index contributed by atoms with van der Waals surface area (Å²) in [6, 6.07) is -0.468. The fourth-order valence-corrected chi connectivity index (χ4v) is 1.58. The normalized spacial score (nSPS) is 12.1. The Morgan fingerprint density at radius 2 is 2.41 bits per heavy atom. The highest BCUT2D eigenvalue weighted by molar-refractivity contribution is 5.79. The molecule has 1 aromatic rings. The Labute approximate surface area is 101 Å². The SMILES string of the molecule is CCCCCC(=O)N[C@@H](C=O)Cc1cnc[nH]1. The van der Waals surface area contributed by atoms with Crippen LogP contribution in [0, 0.1) is 0 Å². The van der Waals surface area contributed by atoms with E-state index in [-0.39, 0.29) is 5.91 Å². The smallest absolute Gasteiger partial charge is 0.220 e. The number of carbonyl (C=O) groups excluding carboxylic acids is 2. The van der Waals surface area contributed by atoms with E-state index in [1.54, 1.807) is 12.5 Å². The van der Waals surface area contributed by atoms with E-state index in [0.29, 0.717) is 12.8 Å². The number of H-pyrrole nitrogens is 1. The van der Waals surface area contributed by atoms with E-state index in [0.717, 1.165) is 31.2 Å². The lowest BCUT2D eigenvalue weighted by Gasteiger charge is -2.11. The molecule has 17 heavy (non-hydrogen) atoms. The molecule has 1 rings (SSSR count). The van der Waals surface area contributed by atoms with Crippen LogP contribution in [-0.2, 0) is 16.0 Å². The van der Waals surface area contributed by atoms with Crippen molar-refractivity contribution in [2.75, 3.05) is 0 Å². The van der Waals surface area contributed by atoms with Gasteiger partial charge >= 0.3 is 0 Å². The zero-order valence-corrected chi connectivity index (χ0v) is 10.1. The minimum atomic E-state index is -0.468. The molecule has 1 aromatic heterocycles. The number of nitrogens with one attached hydrogen (secondary N) is 2. The minimum absolute atomic E-state index is 0.0601. The van der Waals surface area contributed by atoms with Crippen LogP contribution in [-0.4, -0.2) is 28.2 Å². The molecule has 0 saturated carbocycles. The molecule has 1 heterocycles. The van der Waals surface area contributed by atoms with Gasteiger partial charge in [0.25, 0.3) is 0 Å². The number of imidazole rings is 1. The lowest BCUT2D eigenvalue weighted by Crippen LogP contribution is -2.37. The van der Waals surface area contributed by atoms with E-state index < -0.39 is 6.04 Å². The van der Waals surface area contributed by atoms with Crippen molar-refractivity contribution in [1.29, 1.82) is 0 Å². The number of hydrogen-bond donors (Lipinski definition) is 2. The third kappa shape index (κ3) is 5.29. The van der Waals surface area contributed by atoms with Gasteiger partial charge in [-0.2, -0.15) is 0 Å².